The quantitative estimate of drug-likeness (QED) is 0.445. The van der Waals surface area contributed by atoms with Crippen LogP contribution >= 0.6 is 0 Å². The topological polar surface area (TPSA) is 56.2 Å². The number of phenols is 2. The largest absolute Gasteiger partial charge is 0.508 e. The summed E-state index contributed by atoms with van der Waals surface area (Å²) >= 11 is 0. The fraction of sp³-hybridized carbons (Fsp3) is 0.0833. The summed E-state index contributed by atoms with van der Waals surface area (Å²) in [6, 6.07) is 28.8. The van der Waals surface area contributed by atoms with Gasteiger partial charge in [0.2, 0.25) is 0 Å². The van der Waals surface area contributed by atoms with Gasteiger partial charge >= 0.3 is 0 Å². The Kier molecular flexibility index (Phi) is 4.21. The Morgan fingerprint density at radius 2 is 1.30 bits per heavy atom. The normalized spacial score (nSPS) is 13.2. The van der Waals surface area contributed by atoms with Gasteiger partial charge in [-0.3, -0.25) is 0 Å². The van der Waals surface area contributed by atoms with Gasteiger partial charge in [-0.15, -0.1) is 0 Å². The Labute approximate surface area is 158 Å². The number of nitrogens with one attached hydrogen (secondary N) is 1. The molecule has 0 aliphatic heterocycles. The number of aromatic nitrogens is 1. The predicted molar refractivity (Wildman–Crippen MR) is 107 cm³/mol. The number of benzene rings is 3. The minimum Gasteiger partial charge on any atom is -0.508 e. The third-order valence-electron chi connectivity index (χ3n) is 5.05. The molecule has 1 atom stereocenters. The molecule has 0 saturated heterocycles. The van der Waals surface area contributed by atoms with Crippen LogP contribution in [0.25, 0.3) is 0 Å². The van der Waals surface area contributed by atoms with Crippen LogP contribution in [0.3, 0.4) is 0 Å². The van der Waals surface area contributed by atoms with Gasteiger partial charge in [0.15, 0.2) is 0 Å². The Hall–Kier alpha value is -3.46. The van der Waals surface area contributed by atoms with Gasteiger partial charge in [-0.2, -0.15) is 0 Å². The van der Waals surface area contributed by atoms with E-state index >= 15 is 0 Å². The highest BCUT2D eigenvalue weighted by Gasteiger charge is 2.41. The maximum Gasteiger partial charge on any atom is 0.120 e. The number of aryl methyl sites for hydroxylation is 1. The molecule has 3 heteroatoms. The molecule has 27 heavy (non-hydrogen) atoms. The lowest BCUT2D eigenvalue weighted by Crippen LogP contribution is -2.31. The summed E-state index contributed by atoms with van der Waals surface area (Å²) in [5.41, 5.74) is 4.02. The molecule has 0 aliphatic rings. The van der Waals surface area contributed by atoms with E-state index in [1.807, 2.05) is 61.5 Å². The van der Waals surface area contributed by atoms with Crippen LogP contribution in [0.15, 0.2) is 91.0 Å². The molecule has 0 fully saturated rings. The van der Waals surface area contributed by atoms with Crippen LogP contribution in [0.5, 0.6) is 11.5 Å². The predicted octanol–water partition coefficient (Wildman–Crippen LogP) is 5.12. The number of aromatic amines is 1. The van der Waals surface area contributed by atoms with E-state index in [9.17, 15) is 10.2 Å². The second-order valence-electron chi connectivity index (χ2n) is 6.74. The number of hydrogen-bond donors (Lipinski definition) is 3. The van der Waals surface area contributed by atoms with Crippen LogP contribution in [0.4, 0.5) is 0 Å². The Morgan fingerprint density at radius 1 is 0.667 bits per heavy atom. The van der Waals surface area contributed by atoms with Gasteiger partial charge in [0.05, 0.1) is 5.41 Å². The monoisotopic (exact) mass is 355 g/mol. The second kappa shape index (κ2) is 6.69. The Bertz CT molecular complexity index is 1050. The van der Waals surface area contributed by atoms with Crippen LogP contribution < -0.4 is 0 Å². The second-order valence-corrected chi connectivity index (χ2v) is 6.74. The first kappa shape index (κ1) is 17.0. The molecule has 1 heterocycles. The Balaban J connectivity index is 2.15. The van der Waals surface area contributed by atoms with Gasteiger partial charge in [-0.25, -0.2) is 0 Å². The van der Waals surface area contributed by atoms with Crippen molar-refractivity contribution < 1.29 is 10.2 Å². The highest BCUT2D eigenvalue weighted by atomic mass is 16.3. The van der Waals surface area contributed by atoms with E-state index in [4.69, 9.17) is 0 Å². The van der Waals surface area contributed by atoms with Crippen molar-refractivity contribution in [3.8, 4) is 11.5 Å². The highest BCUT2D eigenvalue weighted by Crippen LogP contribution is 2.47. The molecule has 0 aliphatic carbocycles. The van der Waals surface area contributed by atoms with E-state index < -0.39 is 5.41 Å². The Morgan fingerprint density at radius 3 is 1.93 bits per heavy atom. The molecule has 3 N–H and O–H groups in total. The molecule has 4 rings (SSSR count). The van der Waals surface area contributed by atoms with Gasteiger partial charge < -0.3 is 15.2 Å². The summed E-state index contributed by atoms with van der Waals surface area (Å²) in [5.74, 6) is 0.433. The number of hydrogen-bond acceptors (Lipinski definition) is 2. The van der Waals surface area contributed by atoms with Gasteiger partial charge in [-0.05, 0) is 48.4 Å². The molecule has 0 saturated carbocycles. The van der Waals surface area contributed by atoms with E-state index in [0.717, 1.165) is 28.1 Å². The zero-order valence-corrected chi connectivity index (χ0v) is 15.1. The highest BCUT2D eigenvalue weighted by molar-refractivity contribution is 5.62. The lowest BCUT2D eigenvalue weighted by atomic mass is 9.67. The van der Waals surface area contributed by atoms with Crippen LogP contribution in [0.2, 0.25) is 0 Å². The summed E-state index contributed by atoms with van der Waals surface area (Å²) in [6.07, 6.45) is 0. The van der Waals surface area contributed by atoms with Crippen LogP contribution in [-0.2, 0) is 5.41 Å². The van der Waals surface area contributed by atoms with Gasteiger partial charge in [-0.1, -0.05) is 60.7 Å². The van der Waals surface area contributed by atoms with Crippen molar-refractivity contribution >= 4 is 0 Å². The minimum absolute atomic E-state index is 0.209. The van der Waals surface area contributed by atoms with Crippen molar-refractivity contribution in [1.82, 2.24) is 4.98 Å². The average molecular weight is 355 g/mol. The van der Waals surface area contributed by atoms with E-state index in [2.05, 4.69) is 23.2 Å². The third-order valence-corrected chi connectivity index (χ3v) is 5.05. The fourth-order valence-electron chi connectivity index (χ4n) is 3.85. The summed E-state index contributed by atoms with van der Waals surface area (Å²) < 4.78 is 0. The maximum atomic E-state index is 10.8. The SMILES string of the molecule is Cc1ccc(C(c2ccccc2)(c2ccc(O)cc2)c2ccccc2O)[nH]1. The van der Waals surface area contributed by atoms with Crippen molar-refractivity contribution in [1.29, 1.82) is 0 Å². The van der Waals surface area contributed by atoms with E-state index in [0.29, 0.717) is 0 Å². The molecule has 0 spiro atoms. The molecule has 4 aromatic rings. The van der Waals surface area contributed by atoms with E-state index in [1.54, 1.807) is 18.2 Å². The smallest absolute Gasteiger partial charge is 0.120 e. The first-order chi connectivity index (χ1) is 13.1. The van der Waals surface area contributed by atoms with Gasteiger partial charge in [0.25, 0.3) is 0 Å². The number of aromatic hydroxyl groups is 2. The summed E-state index contributed by atoms with van der Waals surface area (Å²) in [6.45, 7) is 2.01. The number of H-pyrrole nitrogens is 1. The number of rotatable bonds is 4. The molecule has 0 amide bonds. The van der Waals surface area contributed by atoms with E-state index in [-0.39, 0.29) is 11.5 Å². The van der Waals surface area contributed by atoms with Crippen molar-refractivity contribution in [2.45, 2.75) is 12.3 Å². The summed E-state index contributed by atoms with van der Waals surface area (Å²) in [7, 11) is 0. The molecule has 0 bridgehead atoms. The third kappa shape index (κ3) is 2.77. The van der Waals surface area contributed by atoms with Crippen LogP contribution in [0, 0.1) is 6.92 Å². The molecular weight excluding hydrogens is 334 g/mol. The van der Waals surface area contributed by atoms with Crippen molar-refractivity contribution in [3.05, 3.63) is 119 Å². The molecule has 3 nitrogen and oxygen atoms in total. The molecular formula is C24H21NO2. The summed E-state index contributed by atoms with van der Waals surface area (Å²) in [5, 5.41) is 20.7. The van der Waals surface area contributed by atoms with Gasteiger partial charge in [0, 0.05) is 17.0 Å². The first-order valence-corrected chi connectivity index (χ1v) is 8.92. The lowest BCUT2D eigenvalue weighted by Gasteiger charge is -2.36. The van der Waals surface area contributed by atoms with Gasteiger partial charge in [0.1, 0.15) is 11.5 Å². The molecule has 1 aromatic heterocycles. The number of para-hydroxylation sites is 1. The zero-order chi connectivity index (χ0) is 18.9. The standard InChI is InChI=1S/C24H21NO2/c1-17-11-16-23(25-17)24(18-7-3-2-4-8-18,19-12-14-20(26)15-13-19)21-9-5-6-10-22(21)27/h2-16,25-27H,1H3. The zero-order valence-electron chi connectivity index (χ0n) is 15.1. The molecule has 0 radical (unpaired) electrons. The van der Waals surface area contributed by atoms with Crippen molar-refractivity contribution in [2.75, 3.05) is 0 Å². The van der Waals surface area contributed by atoms with Crippen LogP contribution in [-0.4, -0.2) is 15.2 Å². The van der Waals surface area contributed by atoms with E-state index in [1.165, 1.54) is 0 Å². The maximum absolute atomic E-state index is 10.8. The van der Waals surface area contributed by atoms with Crippen molar-refractivity contribution in [3.63, 3.8) is 0 Å². The molecule has 3 aromatic carbocycles. The fourth-order valence-corrected chi connectivity index (χ4v) is 3.85. The molecule has 1 unspecified atom stereocenters. The average Bonchev–Trinajstić information content (AvgIpc) is 3.12. The minimum atomic E-state index is -0.742. The number of phenolic OH excluding ortho intramolecular Hbond substituents is 2. The first-order valence-electron chi connectivity index (χ1n) is 8.92. The summed E-state index contributed by atoms with van der Waals surface area (Å²) in [4.78, 5) is 3.48. The van der Waals surface area contributed by atoms with Crippen LogP contribution in [0.1, 0.15) is 28.1 Å². The van der Waals surface area contributed by atoms with Crippen molar-refractivity contribution in [2.24, 2.45) is 0 Å². The molecule has 134 valence electrons. The lowest BCUT2D eigenvalue weighted by molar-refractivity contribution is 0.459.